The third-order valence-corrected chi connectivity index (χ3v) is 4.36. The van der Waals surface area contributed by atoms with E-state index in [1.807, 2.05) is 24.3 Å². The van der Waals surface area contributed by atoms with Gasteiger partial charge in [-0.3, -0.25) is 4.99 Å². The molecule has 1 aromatic carbocycles. The highest BCUT2D eigenvalue weighted by Crippen LogP contribution is 2.21. The van der Waals surface area contributed by atoms with E-state index in [2.05, 4.69) is 29.7 Å². The largest absolute Gasteiger partial charge is 0.497 e. The third kappa shape index (κ3) is 8.97. The second-order valence-corrected chi connectivity index (χ2v) is 6.37. The molecule has 0 spiro atoms. The number of hydrogen-bond donors (Lipinski definition) is 2. The van der Waals surface area contributed by atoms with Gasteiger partial charge in [0.05, 0.1) is 20.0 Å². The molecule has 0 radical (unpaired) electrons. The number of nitrogens with zero attached hydrogens (tertiary/aromatic N) is 1. The molecule has 2 N–H and O–H groups in total. The molecule has 7 heteroatoms. The van der Waals surface area contributed by atoms with E-state index in [0.29, 0.717) is 12.5 Å². The van der Waals surface area contributed by atoms with Gasteiger partial charge in [-0.15, -0.1) is 24.0 Å². The fourth-order valence-corrected chi connectivity index (χ4v) is 2.67. The van der Waals surface area contributed by atoms with Crippen LogP contribution in [-0.2, 0) is 11.2 Å². The number of ether oxygens (including phenoxy) is 2. The molecule has 0 bridgehead atoms. The highest BCUT2D eigenvalue weighted by Gasteiger charge is 2.06. The average molecular weight is 501 g/mol. The lowest BCUT2D eigenvalue weighted by Gasteiger charge is -2.14. The summed E-state index contributed by atoms with van der Waals surface area (Å²) in [6.45, 7) is 5.09. The first-order valence-electron chi connectivity index (χ1n) is 9.40. The van der Waals surface area contributed by atoms with Crippen LogP contribution in [0.15, 0.2) is 52.1 Å². The Morgan fingerprint density at radius 3 is 2.50 bits per heavy atom. The number of furan rings is 1. The van der Waals surface area contributed by atoms with Crippen molar-refractivity contribution in [3.05, 3.63) is 54.0 Å². The molecule has 28 heavy (non-hydrogen) atoms. The van der Waals surface area contributed by atoms with Crippen molar-refractivity contribution in [2.24, 2.45) is 4.99 Å². The van der Waals surface area contributed by atoms with E-state index >= 15 is 0 Å². The van der Waals surface area contributed by atoms with E-state index in [1.165, 1.54) is 5.56 Å². The molecule has 2 rings (SSSR count). The maximum Gasteiger partial charge on any atom is 0.191 e. The zero-order chi connectivity index (χ0) is 19.3. The molecule has 1 atom stereocenters. The maximum atomic E-state index is 5.36. The third-order valence-electron chi connectivity index (χ3n) is 4.36. The Hall–Kier alpha value is -1.74. The van der Waals surface area contributed by atoms with Crippen molar-refractivity contribution in [1.29, 1.82) is 0 Å². The summed E-state index contributed by atoms with van der Waals surface area (Å²) in [4.78, 5) is 4.70. The molecule has 0 aliphatic rings. The Kier molecular flexibility index (Phi) is 12.4. The van der Waals surface area contributed by atoms with Gasteiger partial charge in [-0.1, -0.05) is 19.1 Å². The van der Waals surface area contributed by atoms with Gasteiger partial charge >= 0.3 is 0 Å². The highest BCUT2D eigenvalue weighted by atomic mass is 127. The molecule has 0 aliphatic carbocycles. The Labute approximate surface area is 185 Å². The summed E-state index contributed by atoms with van der Waals surface area (Å²) < 4.78 is 15.7. The van der Waals surface area contributed by atoms with Crippen molar-refractivity contribution in [2.75, 3.05) is 40.5 Å². The second kappa shape index (κ2) is 14.3. The molecule has 2 aromatic rings. The van der Waals surface area contributed by atoms with Crippen molar-refractivity contribution in [3.8, 4) is 5.75 Å². The van der Waals surface area contributed by atoms with Gasteiger partial charge in [-0.05, 0) is 42.2 Å². The van der Waals surface area contributed by atoms with Gasteiger partial charge in [-0.2, -0.15) is 0 Å². The quantitative estimate of drug-likeness (QED) is 0.212. The smallest absolute Gasteiger partial charge is 0.191 e. The number of guanidine groups is 1. The van der Waals surface area contributed by atoms with Crippen LogP contribution >= 0.6 is 24.0 Å². The standard InChI is InChI=1S/C21H31N3O3.HI/c1-17(18-6-8-19(26-3)9-7-18)10-12-22-21(24-14-16-25-2)23-13-11-20-5-4-15-27-20;/h4-9,15,17H,10-14,16H2,1-3H3,(H2,22,23,24);1H. The summed E-state index contributed by atoms with van der Waals surface area (Å²) in [5, 5.41) is 6.65. The molecule has 1 aromatic heterocycles. The average Bonchev–Trinajstić information content (AvgIpc) is 3.21. The van der Waals surface area contributed by atoms with Crippen LogP contribution in [-0.4, -0.2) is 46.4 Å². The molecule has 1 heterocycles. The van der Waals surface area contributed by atoms with Crippen LogP contribution in [0.5, 0.6) is 5.75 Å². The Balaban J connectivity index is 0.00000392. The van der Waals surface area contributed by atoms with Gasteiger partial charge in [0.15, 0.2) is 5.96 Å². The van der Waals surface area contributed by atoms with E-state index in [1.54, 1.807) is 20.5 Å². The number of aliphatic imine (C=N–C) groups is 1. The predicted molar refractivity (Wildman–Crippen MR) is 124 cm³/mol. The van der Waals surface area contributed by atoms with Crippen molar-refractivity contribution >= 4 is 29.9 Å². The SMILES string of the molecule is COCCNC(=NCCC(C)c1ccc(OC)cc1)NCCc1ccco1.I. The van der Waals surface area contributed by atoms with E-state index in [9.17, 15) is 0 Å². The zero-order valence-electron chi connectivity index (χ0n) is 16.9. The second-order valence-electron chi connectivity index (χ2n) is 6.37. The van der Waals surface area contributed by atoms with Crippen LogP contribution < -0.4 is 15.4 Å². The first-order valence-corrected chi connectivity index (χ1v) is 9.40. The fraction of sp³-hybridized carbons (Fsp3) is 0.476. The molecule has 0 aliphatic heterocycles. The van der Waals surface area contributed by atoms with Gasteiger partial charge in [0, 0.05) is 33.2 Å². The monoisotopic (exact) mass is 501 g/mol. The summed E-state index contributed by atoms with van der Waals surface area (Å²) in [5.41, 5.74) is 1.30. The van der Waals surface area contributed by atoms with E-state index in [4.69, 9.17) is 18.9 Å². The lowest BCUT2D eigenvalue weighted by Crippen LogP contribution is -2.40. The van der Waals surface area contributed by atoms with Crippen molar-refractivity contribution < 1.29 is 13.9 Å². The normalized spacial score (nSPS) is 12.2. The Morgan fingerprint density at radius 1 is 1.11 bits per heavy atom. The summed E-state index contributed by atoms with van der Waals surface area (Å²) >= 11 is 0. The minimum absolute atomic E-state index is 0. The minimum atomic E-state index is 0. The van der Waals surface area contributed by atoms with Crippen LogP contribution in [0.1, 0.15) is 30.6 Å². The lowest BCUT2D eigenvalue weighted by atomic mass is 9.98. The fourth-order valence-electron chi connectivity index (χ4n) is 2.67. The van der Waals surface area contributed by atoms with Gasteiger partial charge < -0.3 is 24.5 Å². The number of rotatable bonds is 11. The number of nitrogens with one attached hydrogen (secondary N) is 2. The number of benzene rings is 1. The Morgan fingerprint density at radius 2 is 1.86 bits per heavy atom. The van der Waals surface area contributed by atoms with Crippen LogP contribution in [0.3, 0.4) is 0 Å². The molecule has 6 nitrogen and oxygen atoms in total. The molecular weight excluding hydrogens is 469 g/mol. The summed E-state index contributed by atoms with van der Waals surface area (Å²) in [7, 11) is 3.38. The lowest BCUT2D eigenvalue weighted by molar-refractivity contribution is 0.203. The molecular formula is C21H32IN3O3. The van der Waals surface area contributed by atoms with Crippen LogP contribution in [0.4, 0.5) is 0 Å². The maximum absolute atomic E-state index is 5.36. The molecule has 156 valence electrons. The van der Waals surface area contributed by atoms with Gasteiger partial charge in [-0.25, -0.2) is 0 Å². The minimum Gasteiger partial charge on any atom is -0.497 e. The van der Waals surface area contributed by atoms with Crippen molar-refractivity contribution in [3.63, 3.8) is 0 Å². The van der Waals surface area contributed by atoms with Gasteiger partial charge in [0.25, 0.3) is 0 Å². The molecule has 1 unspecified atom stereocenters. The summed E-state index contributed by atoms with van der Waals surface area (Å²) in [6.07, 6.45) is 3.49. The van der Waals surface area contributed by atoms with Gasteiger partial charge in [0.2, 0.25) is 0 Å². The molecule has 0 amide bonds. The van der Waals surface area contributed by atoms with Crippen molar-refractivity contribution in [2.45, 2.75) is 25.7 Å². The number of halogens is 1. The predicted octanol–water partition coefficient (Wildman–Crippen LogP) is 3.82. The van der Waals surface area contributed by atoms with Crippen LogP contribution in [0, 0.1) is 0 Å². The molecule has 0 saturated carbocycles. The Bertz CT molecular complexity index is 660. The van der Waals surface area contributed by atoms with Crippen LogP contribution in [0.25, 0.3) is 0 Å². The number of methoxy groups -OCH3 is 2. The highest BCUT2D eigenvalue weighted by molar-refractivity contribution is 14.0. The summed E-state index contributed by atoms with van der Waals surface area (Å²) in [5.74, 6) is 3.09. The van der Waals surface area contributed by atoms with Gasteiger partial charge in [0.1, 0.15) is 11.5 Å². The molecule has 0 fully saturated rings. The van der Waals surface area contributed by atoms with E-state index < -0.39 is 0 Å². The summed E-state index contributed by atoms with van der Waals surface area (Å²) in [6, 6.07) is 12.1. The van der Waals surface area contributed by atoms with E-state index in [0.717, 1.165) is 49.9 Å². The van der Waals surface area contributed by atoms with E-state index in [-0.39, 0.29) is 24.0 Å². The molecule has 0 saturated heterocycles. The van der Waals surface area contributed by atoms with Crippen LogP contribution in [0.2, 0.25) is 0 Å². The van der Waals surface area contributed by atoms with Crippen molar-refractivity contribution in [1.82, 2.24) is 10.6 Å². The first-order chi connectivity index (χ1) is 13.2. The number of hydrogen-bond acceptors (Lipinski definition) is 4. The topological polar surface area (TPSA) is 68.0 Å². The first kappa shape index (κ1) is 24.3. The zero-order valence-corrected chi connectivity index (χ0v) is 19.3.